The number of benzene rings is 2. The van der Waals surface area contributed by atoms with Gasteiger partial charge in [0, 0.05) is 16.5 Å². The predicted molar refractivity (Wildman–Crippen MR) is 111 cm³/mol. The van der Waals surface area contributed by atoms with Gasteiger partial charge in [-0.2, -0.15) is 0 Å². The van der Waals surface area contributed by atoms with E-state index in [1.54, 1.807) is 12.1 Å². The highest BCUT2D eigenvalue weighted by Gasteiger charge is 2.15. The maximum Gasteiger partial charge on any atom is 0.417 e. The Morgan fingerprint density at radius 3 is 2.61 bits per heavy atom. The number of oxazole rings is 1. The van der Waals surface area contributed by atoms with Gasteiger partial charge in [0.1, 0.15) is 0 Å². The van der Waals surface area contributed by atoms with Crippen LogP contribution < -0.4 is 11.1 Å². The van der Waals surface area contributed by atoms with E-state index in [0.29, 0.717) is 27.5 Å². The Hall–Kier alpha value is -3.19. The minimum Gasteiger partial charge on any atom is -0.408 e. The lowest BCUT2D eigenvalue weighted by Crippen LogP contribution is -2.14. The minimum atomic E-state index is -0.490. The van der Waals surface area contributed by atoms with Crippen molar-refractivity contribution in [1.29, 1.82) is 0 Å². The Labute approximate surface area is 165 Å². The molecule has 2 aromatic heterocycles. The Morgan fingerprint density at radius 2 is 1.89 bits per heavy atom. The van der Waals surface area contributed by atoms with Crippen LogP contribution in [0.4, 0.5) is 5.13 Å². The molecule has 4 aromatic rings. The standard InChI is InChI=1S/C21H19N3O3S/c1-21(2,3)14-7-4-12(5-8-14)18(25)24-19-22-16(11-28-19)13-6-9-15-17(10-13)27-20(26)23-15/h4-11H,1-3H3,(H,23,26)(H,22,24,25). The SMILES string of the molecule is CC(C)(C)c1ccc(C(=O)Nc2nc(-c3ccc4[nH]c(=O)oc4c3)cs2)cc1. The van der Waals surface area contributed by atoms with Gasteiger partial charge in [0.15, 0.2) is 10.7 Å². The number of aromatic nitrogens is 2. The monoisotopic (exact) mass is 393 g/mol. The number of aromatic amines is 1. The van der Waals surface area contributed by atoms with Crippen molar-refractivity contribution in [3.05, 3.63) is 69.5 Å². The maximum atomic E-state index is 12.5. The molecule has 0 saturated heterocycles. The molecule has 2 N–H and O–H groups in total. The number of amides is 1. The van der Waals surface area contributed by atoms with Crippen LogP contribution in [-0.4, -0.2) is 15.9 Å². The molecule has 0 aliphatic heterocycles. The van der Waals surface area contributed by atoms with Gasteiger partial charge in [-0.15, -0.1) is 11.3 Å². The van der Waals surface area contributed by atoms with Crippen molar-refractivity contribution in [3.8, 4) is 11.3 Å². The van der Waals surface area contributed by atoms with E-state index in [1.807, 2.05) is 35.7 Å². The number of nitrogens with zero attached hydrogens (tertiary/aromatic N) is 1. The van der Waals surface area contributed by atoms with Crippen LogP contribution in [0.1, 0.15) is 36.7 Å². The molecule has 6 nitrogen and oxygen atoms in total. The van der Waals surface area contributed by atoms with E-state index in [4.69, 9.17) is 4.42 Å². The van der Waals surface area contributed by atoms with Crippen molar-refractivity contribution in [2.24, 2.45) is 0 Å². The van der Waals surface area contributed by atoms with Crippen LogP contribution in [-0.2, 0) is 5.41 Å². The number of hydrogen-bond acceptors (Lipinski definition) is 5. The van der Waals surface area contributed by atoms with Crippen LogP contribution in [0.25, 0.3) is 22.4 Å². The number of H-pyrrole nitrogens is 1. The van der Waals surface area contributed by atoms with Crippen LogP contribution in [0.3, 0.4) is 0 Å². The van der Waals surface area contributed by atoms with Gasteiger partial charge in [-0.3, -0.25) is 15.1 Å². The Bertz CT molecular complexity index is 1210. The van der Waals surface area contributed by atoms with Crippen molar-refractivity contribution in [2.75, 3.05) is 5.32 Å². The molecule has 4 rings (SSSR count). The van der Waals surface area contributed by atoms with E-state index in [-0.39, 0.29) is 11.3 Å². The molecule has 2 aromatic carbocycles. The van der Waals surface area contributed by atoms with Crippen LogP contribution >= 0.6 is 11.3 Å². The highest BCUT2D eigenvalue weighted by Crippen LogP contribution is 2.27. The van der Waals surface area contributed by atoms with Gasteiger partial charge in [0.05, 0.1) is 11.2 Å². The minimum absolute atomic E-state index is 0.0406. The van der Waals surface area contributed by atoms with Crippen molar-refractivity contribution in [1.82, 2.24) is 9.97 Å². The van der Waals surface area contributed by atoms with E-state index in [1.165, 1.54) is 16.9 Å². The fraction of sp³-hybridized carbons (Fsp3) is 0.190. The zero-order valence-electron chi connectivity index (χ0n) is 15.7. The average Bonchev–Trinajstić information content (AvgIpc) is 3.25. The summed E-state index contributed by atoms with van der Waals surface area (Å²) in [7, 11) is 0. The van der Waals surface area contributed by atoms with Crippen LogP contribution in [0.5, 0.6) is 0 Å². The molecule has 0 fully saturated rings. The van der Waals surface area contributed by atoms with Gasteiger partial charge in [-0.05, 0) is 35.2 Å². The van der Waals surface area contributed by atoms with E-state index in [0.717, 1.165) is 5.56 Å². The third-order valence-electron chi connectivity index (χ3n) is 4.45. The topological polar surface area (TPSA) is 88.0 Å². The predicted octanol–water partition coefficient (Wildman–Crippen LogP) is 4.79. The fourth-order valence-corrected chi connectivity index (χ4v) is 3.57. The van der Waals surface area contributed by atoms with Crippen molar-refractivity contribution < 1.29 is 9.21 Å². The zero-order valence-corrected chi connectivity index (χ0v) is 16.5. The van der Waals surface area contributed by atoms with Gasteiger partial charge < -0.3 is 4.42 Å². The first-order valence-electron chi connectivity index (χ1n) is 8.80. The summed E-state index contributed by atoms with van der Waals surface area (Å²) in [4.78, 5) is 30.9. The van der Waals surface area contributed by atoms with Crippen LogP contribution in [0.15, 0.2) is 57.1 Å². The smallest absolute Gasteiger partial charge is 0.408 e. The molecule has 142 valence electrons. The van der Waals surface area contributed by atoms with Crippen LogP contribution in [0.2, 0.25) is 0 Å². The third kappa shape index (κ3) is 3.61. The van der Waals surface area contributed by atoms with Gasteiger partial charge in [-0.1, -0.05) is 39.0 Å². The van der Waals surface area contributed by atoms with Crippen molar-refractivity contribution in [2.45, 2.75) is 26.2 Å². The summed E-state index contributed by atoms with van der Waals surface area (Å²) in [6, 6.07) is 13.0. The second-order valence-electron chi connectivity index (χ2n) is 7.54. The molecule has 28 heavy (non-hydrogen) atoms. The molecule has 7 heteroatoms. The summed E-state index contributed by atoms with van der Waals surface area (Å²) in [6.07, 6.45) is 0. The van der Waals surface area contributed by atoms with E-state index < -0.39 is 5.76 Å². The second-order valence-corrected chi connectivity index (χ2v) is 8.40. The number of hydrogen-bond donors (Lipinski definition) is 2. The maximum absolute atomic E-state index is 12.5. The van der Waals surface area contributed by atoms with E-state index >= 15 is 0 Å². The molecule has 1 amide bonds. The number of thiazole rings is 1. The van der Waals surface area contributed by atoms with Crippen molar-refractivity contribution >= 4 is 33.5 Å². The lowest BCUT2D eigenvalue weighted by Gasteiger charge is -2.18. The Balaban J connectivity index is 1.52. The summed E-state index contributed by atoms with van der Waals surface area (Å²) < 4.78 is 5.09. The highest BCUT2D eigenvalue weighted by atomic mass is 32.1. The largest absolute Gasteiger partial charge is 0.417 e. The molecule has 0 radical (unpaired) electrons. The summed E-state index contributed by atoms with van der Waals surface area (Å²) in [5.41, 5.74) is 4.42. The molecule has 0 aliphatic rings. The normalized spacial score (nSPS) is 11.7. The summed E-state index contributed by atoms with van der Waals surface area (Å²) in [6.45, 7) is 6.40. The molecule has 0 spiro atoms. The lowest BCUT2D eigenvalue weighted by atomic mass is 9.87. The second kappa shape index (κ2) is 6.76. The summed E-state index contributed by atoms with van der Waals surface area (Å²) in [5, 5.41) is 5.20. The lowest BCUT2D eigenvalue weighted by molar-refractivity contribution is 0.102. The number of nitrogens with one attached hydrogen (secondary N) is 2. The summed E-state index contributed by atoms with van der Waals surface area (Å²) >= 11 is 1.34. The first-order valence-corrected chi connectivity index (χ1v) is 9.68. The first kappa shape index (κ1) is 18.2. The number of fused-ring (bicyclic) bond motifs is 1. The fourth-order valence-electron chi connectivity index (χ4n) is 2.86. The van der Waals surface area contributed by atoms with Gasteiger partial charge >= 0.3 is 5.76 Å². The average molecular weight is 393 g/mol. The van der Waals surface area contributed by atoms with Gasteiger partial charge in [0.25, 0.3) is 5.91 Å². The number of anilines is 1. The Morgan fingerprint density at radius 1 is 1.14 bits per heavy atom. The molecule has 0 saturated carbocycles. The number of rotatable bonds is 3. The quantitative estimate of drug-likeness (QED) is 0.524. The van der Waals surface area contributed by atoms with E-state index in [2.05, 4.69) is 36.1 Å². The molecular weight excluding hydrogens is 374 g/mol. The van der Waals surface area contributed by atoms with E-state index in [9.17, 15) is 9.59 Å². The summed E-state index contributed by atoms with van der Waals surface area (Å²) in [5.74, 6) is -0.690. The number of carbonyl (C=O) groups excluding carboxylic acids is 1. The molecule has 0 bridgehead atoms. The van der Waals surface area contributed by atoms with Crippen molar-refractivity contribution in [3.63, 3.8) is 0 Å². The highest BCUT2D eigenvalue weighted by molar-refractivity contribution is 7.14. The molecule has 0 aliphatic carbocycles. The molecule has 0 unspecified atom stereocenters. The Kier molecular flexibility index (Phi) is 4.39. The molecule has 0 atom stereocenters. The van der Waals surface area contributed by atoms with Gasteiger partial charge in [0.2, 0.25) is 0 Å². The zero-order chi connectivity index (χ0) is 19.9. The first-order chi connectivity index (χ1) is 13.3. The molecular formula is C21H19N3O3S. The number of carbonyl (C=O) groups is 1. The van der Waals surface area contributed by atoms with Gasteiger partial charge in [-0.25, -0.2) is 9.78 Å². The third-order valence-corrected chi connectivity index (χ3v) is 5.21. The van der Waals surface area contributed by atoms with Crippen LogP contribution in [0, 0.1) is 0 Å². The molecule has 2 heterocycles.